The molecule has 0 unspecified atom stereocenters. The Bertz CT molecular complexity index is 787. The minimum Gasteiger partial charge on any atom is -0.480 e. The smallest absolute Gasteiger partial charge is 0.326 e. The number of carbonyl (C=O) groups excluding carboxylic acids is 1. The maximum atomic E-state index is 13.0. The number of aryl methyl sites for hydroxylation is 1. The quantitative estimate of drug-likeness (QED) is 0.919. The van der Waals surface area contributed by atoms with Crippen LogP contribution in [0, 0.1) is 6.92 Å². The number of benzene rings is 1. The molecule has 1 N–H and O–H groups in total. The van der Waals surface area contributed by atoms with E-state index in [-0.39, 0.29) is 11.5 Å². The van der Waals surface area contributed by atoms with E-state index in [0.29, 0.717) is 35.0 Å². The Morgan fingerprint density at radius 3 is 2.79 bits per heavy atom. The molecule has 2 heterocycles. The third kappa shape index (κ3) is 2.89. The van der Waals surface area contributed by atoms with Gasteiger partial charge in [-0.05, 0) is 32.3 Å². The molecule has 0 bridgehead atoms. The molecule has 1 amide bonds. The van der Waals surface area contributed by atoms with E-state index in [1.165, 1.54) is 4.90 Å². The number of likely N-dealkylation sites (tertiary alicyclic amines) is 1. The Kier molecular flexibility index (Phi) is 4.57. The van der Waals surface area contributed by atoms with Crippen LogP contribution in [-0.2, 0) is 4.79 Å². The second kappa shape index (κ2) is 6.65. The van der Waals surface area contributed by atoms with Gasteiger partial charge in [0, 0.05) is 12.1 Å². The predicted molar refractivity (Wildman–Crippen MR) is 88.0 cm³/mol. The van der Waals surface area contributed by atoms with Crippen LogP contribution in [0.5, 0.6) is 0 Å². The maximum Gasteiger partial charge on any atom is 0.326 e. The van der Waals surface area contributed by atoms with Crippen molar-refractivity contribution in [3.8, 4) is 11.3 Å². The zero-order valence-corrected chi connectivity index (χ0v) is 13.9. The van der Waals surface area contributed by atoms with E-state index >= 15 is 0 Å². The lowest BCUT2D eigenvalue weighted by molar-refractivity contribution is -0.143. The Hall–Kier alpha value is -2.34. The lowest BCUT2D eigenvalue weighted by Gasteiger charge is -2.32. The SMILES string of the molecule is Cc1onc(-c2ccccc2Cl)c1C(=O)N1CCCC[C@@H]1C(=O)O. The number of piperidine rings is 1. The monoisotopic (exact) mass is 348 g/mol. The second-order valence-corrected chi connectivity index (χ2v) is 6.20. The summed E-state index contributed by atoms with van der Waals surface area (Å²) in [5.74, 6) is -1.02. The molecule has 0 aliphatic carbocycles. The van der Waals surface area contributed by atoms with Crippen LogP contribution in [-0.4, -0.2) is 39.6 Å². The fourth-order valence-corrected chi connectivity index (χ4v) is 3.26. The van der Waals surface area contributed by atoms with Crippen molar-refractivity contribution in [3.63, 3.8) is 0 Å². The highest BCUT2D eigenvalue weighted by Gasteiger charge is 2.35. The van der Waals surface area contributed by atoms with Gasteiger partial charge in [-0.1, -0.05) is 35.0 Å². The first-order valence-corrected chi connectivity index (χ1v) is 8.13. The van der Waals surface area contributed by atoms with Crippen molar-refractivity contribution in [2.45, 2.75) is 32.2 Å². The van der Waals surface area contributed by atoms with Gasteiger partial charge in [0.25, 0.3) is 5.91 Å². The number of rotatable bonds is 3. The molecule has 1 aromatic heterocycles. The van der Waals surface area contributed by atoms with Gasteiger partial charge in [-0.2, -0.15) is 0 Å². The van der Waals surface area contributed by atoms with Gasteiger partial charge in [0.1, 0.15) is 23.1 Å². The molecule has 0 spiro atoms. The number of hydrogen-bond donors (Lipinski definition) is 1. The zero-order chi connectivity index (χ0) is 17.3. The minimum atomic E-state index is -0.989. The van der Waals surface area contributed by atoms with E-state index in [1.807, 2.05) is 0 Å². The normalized spacial score (nSPS) is 17.8. The highest BCUT2D eigenvalue weighted by atomic mass is 35.5. The first kappa shape index (κ1) is 16.5. The Morgan fingerprint density at radius 1 is 1.33 bits per heavy atom. The summed E-state index contributed by atoms with van der Waals surface area (Å²) in [4.78, 5) is 25.9. The number of carboxylic acid groups (broad SMARTS) is 1. The van der Waals surface area contributed by atoms with Crippen molar-refractivity contribution < 1.29 is 19.2 Å². The van der Waals surface area contributed by atoms with E-state index in [2.05, 4.69) is 5.16 Å². The standard InChI is InChI=1S/C17H17ClN2O4/c1-10-14(15(19-24-10)11-6-2-3-7-12(11)18)16(21)20-9-5-4-8-13(20)17(22)23/h2-3,6-7,13H,4-5,8-9H2,1H3,(H,22,23)/t13-/m1/s1. The molecule has 6 nitrogen and oxygen atoms in total. The molecule has 1 aromatic carbocycles. The van der Waals surface area contributed by atoms with Crippen LogP contribution >= 0.6 is 11.6 Å². The lowest BCUT2D eigenvalue weighted by Crippen LogP contribution is -2.48. The molecular formula is C17H17ClN2O4. The van der Waals surface area contributed by atoms with Gasteiger partial charge in [-0.3, -0.25) is 4.79 Å². The molecule has 1 aliphatic rings. The molecule has 126 valence electrons. The van der Waals surface area contributed by atoms with E-state index < -0.39 is 12.0 Å². The van der Waals surface area contributed by atoms with Gasteiger partial charge in [-0.25, -0.2) is 4.79 Å². The Labute approximate surface area is 144 Å². The molecule has 2 aromatic rings. The molecule has 1 fully saturated rings. The van der Waals surface area contributed by atoms with Crippen LogP contribution < -0.4 is 0 Å². The highest BCUT2D eigenvalue weighted by Crippen LogP contribution is 2.32. The minimum absolute atomic E-state index is 0.274. The summed E-state index contributed by atoms with van der Waals surface area (Å²) in [6.07, 6.45) is 2.02. The first-order valence-electron chi connectivity index (χ1n) is 7.75. The summed E-state index contributed by atoms with van der Waals surface area (Å²) in [5, 5.41) is 13.8. The van der Waals surface area contributed by atoms with Gasteiger partial charge < -0.3 is 14.5 Å². The average molecular weight is 349 g/mol. The van der Waals surface area contributed by atoms with Crippen molar-refractivity contribution in [1.82, 2.24) is 10.1 Å². The van der Waals surface area contributed by atoms with E-state index in [9.17, 15) is 14.7 Å². The van der Waals surface area contributed by atoms with Crippen LogP contribution in [0.1, 0.15) is 35.4 Å². The number of aliphatic carboxylic acids is 1. The number of carbonyl (C=O) groups is 2. The molecule has 1 saturated heterocycles. The third-order valence-corrected chi connectivity index (χ3v) is 4.58. The summed E-state index contributed by atoms with van der Waals surface area (Å²) in [6.45, 7) is 2.04. The molecule has 1 aliphatic heterocycles. The first-order chi connectivity index (χ1) is 11.5. The lowest BCUT2D eigenvalue weighted by atomic mass is 9.99. The van der Waals surface area contributed by atoms with Crippen LogP contribution in [0.2, 0.25) is 5.02 Å². The van der Waals surface area contributed by atoms with E-state index in [1.54, 1.807) is 31.2 Å². The molecule has 0 radical (unpaired) electrons. The summed E-state index contributed by atoms with van der Waals surface area (Å²) < 4.78 is 5.21. The molecule has 7 heteroatoms. The maximum absolute atomic E-state index is 13.0. The fourth-order valence-electron chi connectivity index (χ4n) is 3.04. The number of hydrogen-bond acceptors (Lipinski definition) is 4. The summed E-state index contributed by atoms with van der Waals surface area (Å²) in [5.41, 5.74) is 1.21. The second-order valence-electron chi connectivity index (χ2n) is 5.79. The number of aromatic nitrogens is 1. The van der Waals surface area contributed by atoms with Crippen molar-refractivity contribution in [1.29, 1.82) is 0 Å². The van der Waals surface area contributed by atoms with Crippen LogP contribution in [0.15, 0.2) is 28.8 Å². The van der Waals surface area contributed by atoms with Crippen LogP contribution in [0.4, 0.5) is 0 Å². The molecular weight excluding hydrogens is 332 g/mol. The molecule has 1 atom stereocenters. The van der Waals surface area contributed by atoms with Gasteiger partial charge in [0.05, 0.1) is 5.02 Å². The predicted octanol–water partition coefficient (Wildman–Crippen LogP) is 3.38. The van der Waals surface area contributed by atoms with Crippen molar-refractivity contribution in [3.05, 3.63) is 40.6 Å². The molecule has 3 rings (SSSR count). The third-order valence-electron chi connectivity index (χ3n) is 4.25. The number of carboxylic acids is 1. The van der Waals surface area contributed by atoms with Gasteiger partial charge in [-0.15, -0.1) is 0 Å². The van der Waals surface area contributed by atoms with Gasteiger partial charge in [0.2, 0.25) is 0 Å². The van der Waals surface area contributed by atoms with Crippen LogP contribution in [0.3, 0.4) is 0 Å². The van der Waals surface area contributed by atoms with Crippen molar-refractivity contribution in [2.24, 2.45) is 0 Å². The highest BCUT2D eigenvalue weighted by molar-refractivity contribution is 6.33. The summed E-state index contributed by atoms with van der Waals surface area (Å²) in [6, 6.07) is 6.21. The molecule has 0 saturated carbocycles. The van der Waals surface area contributed by atoms with Gasteiger partial charge >= 0.3 is 5.97 Å². The van der Waals surface area contributed by atoms with Crippen molar-refractivity contribution >= 4 is 23.5 Å². The topological polar surface area (TPSA) is 83.6 Å². The fraction of sp³-hybridized carbons (Fsp3) is 0.353. The van der Waals surface area contributed by atoms with E-state index in [4.69, 9.17) is 16.1 Å². The zero-order valence-electron chi connectivity index (χ0n) is 13.2. The summed E-state index contributed by atoms with van der Waals surface area (Å²) >= 11 is 6.21. The average Bonchev–Trinajstić information content (AvgIpc) is 2.96. The largest absolute Gasteiger partial charge is 0.480 e. The number of halogens is 1. The number of amides is 1. The summed E-state index contributed by atoms with van der Waals surface area (Å²) in [7, 11) is 0. The van der Waals surface area contributed by atoms with Crippen LogP contribution in [0.25, 0.3) is 11.3 Å². The van der Waals surface area contributed by atoms with Crippen molar-refractivity contribution in [2.75, 3.05) is 6.54 Å². The van der Waals surface area contributed by atoms with Gasteiger partial charge in [0.15, 0.2) is 0 Å². The van der Waals surface area contributed by atoms with E-state index in [0.717, 1.165) is 12.8 Å². The number of nitrogens with zero attached hydrogens (tertiary/aromatic N) is 2. The Morgan fingerprint density at radius 2 is 2.08 bits per heavy atom. The molecule has 24 heavy (non-hydrogen) atoms. The Balaban J connectivity index is 2.03.